The molecule has 1 aromatic carbocycles. The molecule has 116 valence electrons. The number of benzene rings is 1. The predicted molar refractivity (Wildman–Crippen MR) is 79.7 cm³/mol. The van der Waals surface area contributed by atoms with E-state index in [1.807, 2.05) is 18.2 Å². The number of ether oxygens (including phenoxy) is 2. The molecule has 0 spiro atoms. The molecule has 0 amide bonds. The first kappa shape index (κ1) is 15.6. The van der Waals surface area contributed by atoms with Gasteiger partial charge in [-0.2, -0.15) is 0 Å². The van der Waals surface area contributed by atoms with Crippen molar-refractivity contribution in [1.82, 2.24) is 0 Å². The van der Waals surface area contributed by atoms with Gasteiger partial charge in [-0.3, -0.25) is 4.79 Å². The minimum Gasteiger partial charge on any atom is -0.493 e. The Morgan fingerprint density at radius 3 is 2.71 bits per heavy atom. The number of carbonyl (C=O) groups is 1. The third kappa shape index (κ3) is 4.36. The number of aliphatic carboxylic acids is 1. The molecule has 5 nitrogen and oxygen atoms in total. The van der Waals surface area contributed by atoms with Crippen molar-refractivity contribution in [3.63, 3.8) is 0 Å². The number of carboxylic acid groups (broad SMARTS) is 1. The molecule has 2 rings (SSSR count). The third-order valence-corrected chi connectivity index (χ3v) is 3.88. The summed E-state index contributed by atoms with van der Waals surface area (Å²) < 4.78 is 11.3. The van der Waals surface area contributed by atoms with Crippen LogP contribution in [-0.4, -0.2) is 24.3 Å². The average molecular weight is 293 g/mol. The van der Waals surface area contributed by atoms with Crippen molar-refractivity contribution in [2.45, 2.75) is 50.7 Å². The Hall–Kier alpha value is -1.75. The van der Waals surface area contributed by atoms with Gasteiger partial charge in [-0.05, 0) is 49.8 Å². The fraction of sp³-hybridized carbons (Fsp3) is 0.562. The number of hydrogen-bond donors (Lipinski definition) is 2. The van der Waals surface area contributed by atoms with E-state index in [4.69, 9.17) is 20.3 Å². The van der Waals surface area contributed by atoms with Crippen molar-refractivity contribution in [1.29, 1.82) is 0 Å². The fourth-order valence-electron chi connectivity index (χ4n) is 2.64. The first-order valence-corrected chi connectivity index (χ1v) is 7.42. The van der Waals surface area contributed by atoms with Crippen molar-refractivity contribution < 1.29 is 19.4 Å². The van der Waals surface area contributed by atoms with E-state index in [0.717, 1.165) is 24.2 Å². The summed E-state index contributed by atoms with van der Waals surface area (Å²) in [6.07, 6.45) is 5.33. The summed E-state index contributed by atoms with van der Waals surface area (Å²) in [5.74, 6) is 0.558. The second kappa shape index (κ2) is 7.31. The molecule has 0 radical (unpaired) electrons. The van der Waals surface area contributed by atoms with Gasteiger partial charge in [-0.25, -0.2) is 0 Å². The van der Waals surface area contributed by atoms with E-state index in [2.05, 4.69) is 0 Å². The van der Waals surface area contributed by atoms with Crippen LogP contribution in [0.1, 0.15) is 50.1 Å². The van der Waals surface area contributed by atoms with Gasteiger partial charge in [0.15, 0.2) is 11.5 Å². The van der Waals surface area contributed by atoms with Crippen LogP contribution in [0.2, 0.25) is 0 Å². The zero-order chi connectivity index (χ0) is 15.2. The molecule has 0 heterocycles. The molecule has 1 unspecified atom stereocenters. The van der Waals surface area contributed by atoms with Gasteiger partial charge < -0.3 is 20.3 Å². The lowest BCUT2D eigenvalue weighted by atomic mass is 10.0. The first-order chi connectivity index (χ1) is 10.1. The number of carboxylic acids is 1. The zero-order valence-electron chi connectivity index (χ0n) is 12.4. The van der Waals surface area contributed by atoms with Crippen LogP contribution in [0.5, 0.6) is 11.5 Å². The number of methoxy groups -OCH3 is 1. The summed E-state index contributed by atoms with van der Waals surface area (Å²) in [5.41, 5.74) is 6.89. The van der Waals surface area contributed by atoms with Gasteiger partial charge >= 0.3 is 5.97 Å². The van der Waals surface area contributed by atoms with Crippen molar-refractivity contribution in [3.8, 4) is 11.5 Å². The van der Waals surface area contributed by atoms with Gasteiger partial charge in [0.25, 0.3) is 0 Å². The Bertz CT molecular complexity index is 483. The van der Waals surface area contributed by atoms with E-state index in [0.29, 0.717) is 12.2 Å². The summed E-state index contributed by atoms with van der Waals surface area (Å²) in [6.45, 7) is 0. The molecule has 0 aliphatic heterocycles. The summed E-state index contributed by atoms with van der Waals surface area (Å²) in [5, 5.41) is 8.71. The maximum atomic E-state index is 10.6. The molecule has 0 aromatic heterocycles. The molecule has 1 fully saturated rings. The summed E-state index contributed by atoms with van der Waals surface area (Å²) in [4.78, 5) is 10.6. The lowest BCUT2D eigenvalue weighted by molar-refractivity contribution is -0.137. The van der Waals surface area contributed by atoms with Crippen molar-refractivity contribution in [2.75, 3.05) is 7.11 Å². The number of nitrogens with two attached hydrogens (primary N) is 1. The van der Waals surface area contributed by atoms with Crippen LogP contribution >= 0.6 is 0 Å². The second-order valence-electron chi connectivity index (χ2n) is 5.47. The molecule has 5 heteroatoms. The van der Waals surface area contributed by atoms with E-state index in [-0.39, 0.29) is 18.6 Å². The molecule has 3 N–H and O–H groups in total. The van der Waals surface area contributed by atoms with E-state index in [9.17, 15) is 4.79 Å². The molecule has 1 saturated carbocycles. The van der Waals surface area contributed by atoms with Gasteiger partial charge in [-0.15, -0.1) is 0 Å². The van der Waals surface area contributed by atoms with E-state index < -0.39 is 5.97 Å². The predicted octanol–water partition coefficient (Wildman–Crippen LogP) is 2.88. The minimum atomic E-state index is -0.835. The molecule has 1 atom stereocenters. The van der Waals surface area contributed by atoms with E-state index in [1.165, 1.54) is 12.8 Å². The van der Waals surface area contributed by atoms with Crippen LogP contribution in [-0.2, 0) is 4.79 Å². The minimum absolute atomic E-state index is 0.0593. The Kier molecular flexibility index (Phi) is 5.44. The first-order valence-electron chi connectivity index (χ1n) is 7.42. The van der Waals surface area contributed by atoms with Gasteiger partial charge in [0.05, 0.1) is 13.2 Å². The van der Waals surface area contributed by atoms with Gasteiger partial charge in [-0.1, -0.05) is 6.07 Å². The highest BCUT2D eigenvalue weighted by molar-refractivity contribution is 5.66. The van der Waals surface area contributed by atoms with Crippen LogP contribution in [0.3, 0.4) is 0 Å². The van der Waals surface area contributed by atoms with E-state index >= 15 is 0 Å². The fourth-order valence-corrected chi connectivity index (χ4v) is 2.64. The van der Waals surface area contributed by atoms with E-state index in [1.54, 1.807) is 7.11 Å². The lowest BCUT2D eigenvalue weighted by Crippen LogP contribution is -2.14. The smallest absolute Gasteiger partial charge is 0.303 e. The molecule has 1 aliphatic carbocycles. The normalized spacial score (nSPS) is 16.7. The molecular weight excluding hydrogens is 270 g/mol. The van der Waals surface area contributed by atoms with Gasteiger partial charge in [0.1, 0.15) is 0 Å². The topological polar surface area (TPSA) is 81.8 Å². The third-order valence-electron chi connectivity index (χ3n) is 3.88. The molecule has 1 aliphatic rings. The maximum Gasteiger partial charge on any atom is 0.303 e. The number of hydrogen-bond acceptors (Lipinski definition) is 4. The maximum absolute atomic E-state index is 10.6. The number of rotatable bonds is 7. The standard InChI is InChI=1S/C16H23NO4/c1-20-15-10-11(13(17)7-9-16(18)19)6-8-14(15)21-12-4-2-3-5-12/h6,8,10,12-13H,2-5,7,9,17H2,1H3,(H,18,19). The van der Waals surface area contributed by atoms with Crippen molar-refractivity contribution in [2.24, 2.45) is 5.73 Å². The molecular formula is C16H23NO4. The quantitative estimate of drug-likeness (QED) is 0.807. The summed E-state index contributed by atoms with van der Waals surface area (Å²) in [7, 11) is 1.60. The SMILES string of the molecule is COc1cc(C(N)CCC(=O)O)ccc1OC1CCCC1. The molecule has 1 aromatic rings. The highest BCUT2D eigenvalue weighted by Gasteiger charge is 2.19. The highest BCUT2D eigenvalue weighted by Crippen LogP contribution is 2.34. The Morgan fingerprint density at radius 1 is 1.38 bits per heavy atom. The zero-order valence-corrected chi connectivity index (χ0v) is 12.4. The van der Waals surface area contributed by atoms with Crippen LogP contribution in [0.15, 0.2) is 18.2 Å². The largest absolute Gasteiger partial charge is 0.493 e. The second-order valence-corrected chi connectivity index (χ2v) is 5.47. The monoisotopic (exact) mass is 293 g/mol. The summed E-state index contributed by atoms with van der Waals surface area (Å²) >= 11 is 0. The summed E-state index contributed by atoms with van der Waals surface area (Å²) in [6, 6.07) is 5.29. The average Bonchev–Trinajstić information content (AvgIpc) is 2.98. The van der Waals surface area contributed by atoms with Gasteiger partial charge in [0.2, 0.25) is 0 Å². The lowest BCUT2D eigenvalue weighted by Gasteiger charge is -2.18. The molecule has 0 saturated heterocycles. The van der Waals surface area contributed by atoms with Crippen LogP contribution in [0.25, 0.3) is 0 Å². The van der Waals surface area contributed by atoms with Crippen molar-refractivity contribution >= 4 is 5.97 Å². The molecule has 0 bridgehead atoms. The van der Waals surface area contributed by atoms with Crippen LogP contribution in [0.4, 0.5) is 0 Å². The Morgan fingerprint density at radius 2 is 2.10 bits per heavy atom. The van der Waals surface area contributed by atoms with Crippen molar-refractivity contribution in [3.05, 3.63) is 23.8 Å². The Labute approximate surface area is 125 Å². The van der Waals surface area contributed by atoms with Gasteiger partial charge in [0, 0.05) is 12.5 Å². The Balaban J connectivity index is 2.05. The van der Waals surface area contributed by atoms with Crippen LogP contribution in [0, 0.1) is 0 Å². The van der Waals surface area contributed by atoms with Crippen LogP contribution < -0.4 is 15.2 Å². The molecule has 21 heavy (non-hydrogen) atoms. The highest BCUT2D eigenvalue weighted by atomic mass is 16.5.